The number of nitrogens with two attached hydrogens (primary N) is 2. The molecule has 0 aliphatic rings. The Balaban J connectivity index is -0.0000000241. The molecule has 8 nitrogen and oxygen atoms in total. The summed E-state index contributed by atoms with van der Waals surface area (Å²) >= 11 is 0. The van der Waals surface area contributed by atoms with E-state index >= 15 is 0 Å². The van der Waals surface area contributed by atoms with Crippen LogP contribution in [-0.2, 0) is 20.2 Å². The summed E-state index contributed by atoms with van der Waals surface area (Å²) < 4.78 is 36.3. The van der Waals surface area contributed by atoms with Crippen LogP contribution in [0.1, 0.15) is 0 Å². The molecule has 0 heterocycles. The van der Waals surface area contributed by atoms with Crippen molar-refractivity contribution in [2.75, 3.05) is 0 Å². The molecule has 0 aliphatic heterocycles. The van der Waals surface area contributed by atoms with Gasteiger partial charge in [-0.3, -0.25) is 8.42 Å². The van der Waals surface area contributed by atoms with Crippen LogP contribution >= 0.6 is 0 Å². The van der Waals surface area contributed by atoms with Gasteiger partial charge >= 0.3 is 59.1 Å². The van der Waals surface area contributed by atoms with E-state index in [0.29, 0.717) is 0 Å². The van der Waals surface area contributed by atoms with E-state index < -0.39 is 20.2 Å². The van der Waals surface area contributed by atoms with E-state index in [1.165, 1.54) is 0 Å². The topological polar surface area (TPSA) is 173 Å². The van der Waals surface area contributed by atoms with Crippen molar-refractivity contribution in [1.82, 2.24) is 0 Å². The Bertz CT molecular complexity index is 87.5. The van der Waals surface area contributed by atoms with Crippen molar-refractivity contribution in [2.24, 2.45) is 11.8 Å². The van der Waals surface area contributed by atoms with Crippen LogP contribution in [0.2, 0.25) is 0 Å². The minimum absolute atomic E-state index is 0. The Kier molecular flexibility index (Phi) is 71.2. The maximum absolute atomic E-state index is 9.09. The van der Waals surface area contributed by atoms with Crippen molar-refractivity contribution >= 4 is 20.2 Å². The van der Waals surface area contributed by atoms with Crippen molar-refractivity contribution in [3.05, 3.63) is 0 Å². The van der Waals surface area contributed by atoms with Gasteiger partial charge in [0.05, 0.1) is 0 Å². The fraction of sp³-hybridized carbons (Fsp3) is 0. The Hall–Kier alpha value is 2.06. The SMILES string of the molecule is NO.NO.O=S([O-])S(=O)[O-].[Na+].[Na+]. The average molecular weight is 240 g/mol. The van der Waals surface area contributed by atoms with Gasteiger partial charge in [-0.25, -0.2) is 11.8 Å². The van der Waals surface area contributed by atoms with Gasteiger partial charge in [0, 0.05) is 20.2 Å². The van der Waals surface area contributed by atoms with Gasteiger partial charge in [-0.05, 0) is 0 Å². The predicted molar refractivity (Wildman–Crippen MR) is 29.8 cm³/mol. The molecule has 12 heteroatoms. The zero-order valence-corrected chi connectivity index (χ0v) is 12.1. The minimum atomic E-state index is -2.95. The van der Waals surface area contributed by atoms with E-state index in [1.807, 2.05) is 0 Å². The fourth-order valence-corrected chi connectivity index (χ4v) is 0. The van der Waals surface area contributed by atoms with Crippen molar-refractivity contribution in [3.63, 3.8) is 0 Å². The van der Waals surface area contributed by atoms with Crippen LogP contribution in [0.5, 0.6) is 0 Å². The van der Waals surface area contributed by atoms with Crippen LogP contribution in [0.25, 0.3) is 0 Å². The molecule has 0 aromatic rings. The summed E-state index contributed by atoms with van der Waals surface area (Å²) in [5, 5.41) is 13.0. The molecule has 2 unspecified atom stereocenters. The van der Waals surface area contributed by atoms with E-state index in [2.05, 4.69) is 11.8 Å². The molecular formula is H6N2Na2O6S2. The maximum atomic E-state index is 9.09. The van der Waals surface area contributed by atoms with Gasteiger partial charge in [0.25, 0.3) is 0 Å². The quantitative estimate of drug-likeness (QED) is 0.151. The molecule has 12 heavy (non-hydrogen) atoms. The first-order valence-corrected chi connectivity index (χ1v) is 4.02. The zero-order chi connectivity index (χ0) is 9.15. The maximum Gasteiger partial charge on any atom is 1.00 e. The first-order chi connectivity index (χ1) is 4.64. The Morgan fingerprint density at radius 1 is 0.833 bits per heavy atom. The van der Waals surface area contributed by atoms with Crippen molar-refractivity contribution in [3.8, 4) is 0 Å². The molecular weight excluding hydrogens is 234 g/mol. The molecule has 0 aromatic carbocycles. The fourth-order valence-electron chi connectivity index (χ4n) is 0. The van der Waals surface area contributed by atoms with Crippen molar-refractivity contribution < 1.29 is 87.1 Å². The second-order valence-electron chi connectivity index (χ2n) is 0.408. The van der Waals surface area contributed by atoms with E-state index in [-0.39, 0.29) is 59.1 Å². The van der Waals surface area contributed by atoms with Crippen molar-refractivity contribution in [1.29, 1.82) is 0 Å². The van der Waals surface area contributed by atoms with Crippen molar-refractivity contribution in [2.45, 2.75) is 0 Å². The largest absolute Gasteiger partial charge is 1.00 e. The van der Waals surface area contributed by atoms with Gasteiger partial charge in [0.1, 0.15) is 0 Å². The standard InChI is InChI=1S/2H3NO.2Na.H2O4S2/c2*1-2;;;1-5(2)6(3)4/h2*2H,1H2;;;(H,1,2)(H,3,4)/q;;2*+1;/p-2. The number of hydrogen-bond acceptors (Lipinski definition) is 8. The van der Waals surface area contributed by atoms with Gasteiger partial charge in [-0.2, -0.15) is 0 Å². The van der Waals surface area contributed by atoms with E-state index in [9.17, 15) is 0 Å². The minimum Gasteiger partial charge on any atom is -0.763 e. The monoisotopic (exact) mass is 240 g/mol. The first kappa shape index (κ1) is 29.2. The Morgan fingerprint density at radius 2 is 0.917 bits per heavy atom. The Morgan fingerprint density at radius 3 is 0.917 bits per heavy atom. The summed E-state index contributed by atoms with van der Waals surface area (Å²) in [6.07, 6.45) is 0. The third-order valence-electron chi connectivity index (χ3n) is 0.111. The third kappa shape index (κ3) is 40.2. The molecule has 0 rings (SSSR count). The predicted octanol–water partition coefficient (Wildman–Crippen LogP) is -8.66. The van der Waals surface area contributed by atoms with Gasteiger partial charge < -0.3 is 19.5 Å². The Labute approximate surface area is 118 Å². The normalized spacial score (nSPS) is 10.8. The first-order valence-electron chi connectivity index (χ1n) is 1.35. The van der Waals surface area contributed by atoms with Crippen LogP contribution < -0.4 is 70.9 Å². The number of rotatable bonds is 1. The second-order valence-corrected chi connectivity index (χ2v) is 2.86. The van der Waals surface area contributed by atoms with Crippen LogP contribution in [-0.4, -0.2) is 27.9 Å². The summed E-state index contributed by atoms with van der Waals surface area (Å²) in [5.74, 6) is 7.00. The van der Waals surface area contributed by atoms with Gasteiger partial charge in [-0.15, -0.1) is 0 Å². The molecule has 0 saturated carbocycles. The summed E-state index contributed by atoms with van der Waals surface area (Å²) in [5.41, 5.74) is 0. The van der Waals surface area contributed by atoms with Gasteiger partial charge in [-0.1, -0.05) is 0 Å². The molecule has 0 spiro atoms. The molecule has 0 saturated heterocycles. The average Bonchev–Trinajstić information content (AvgIpc) is 1.96. The molecule has 66 valence electrons. The molecule has 0 aliphatic carbocycles. The van der Waals surface area contributed by atoms with Crippen LogP contribution in [0.4, 0.5) is 0 Å². The zero-order valence-electron chi connectivity index (χ0n) is 6.50. The molecule has 0 radical (unpaired) electrons. The van der Waals surface area contributed by atoms with Gasteiger partial charge in [0.15, 0.2) is 0 Å². The molecule has 0 fully saturated rings. The summed E-state index contributed by atoms with van der Waals surface area (Å²) in [6.45, 7) is 0. The molecule has 0 amide bonds. The summed E-state index contributed by atoms with van der Waals surface area (Å²) in [6, 6.07) is 0. The van der Waals surface area contributed by atoms with E-state index in [0.717, 1.165) is 0 Å². The smallest absolute Gasteiger partial charge is 0.763 e. The summed E-state index contributed by atoms with van der Waals surface area (Å²) in [7, 11) is -5.90. The van der Waals surface area contributed by atoms with E-state index in [1.54, 1.807) is 0 Å². The van der Waals surface area contributed by atoms with Crippen LogP contribution in [0.15, 0.2) is 0 Å². The summed E-state index contributed by atoms with van der Waals surface area (Å²) in [4.78, 5) is 0. The third-order valence-corrected chi connectivity index (χ3v) is 1.00. The van der Waals surface area contributed by atoms with Gasteiger partial charge in [0.2, 0.25) is 0 Å². The molecule has 6 N–H and O–H groups in total. The molecule has 0 bridgehead atoms. The van der Waals surface area contributed by atoms with E-state index in [4.69, 9.17) is 27.9 Å². The second kappa shape index (κ2) is 29.2. The molecule has 2 atom stereocenters. The molecule has 0 aromatic heterocycles. The number of hydrogen-bond donors (Lipinski definition) is 4. The van der Waals surface area contributed by atoms with Crippen LogP contribution in [0, 0.1) is 0 Å². The van der Waals surface area contributed by atoms with Crippen LogP contribution in [0.3, 0.4) is 0 Å².